The standard InChI is InChI=1S/C19H21ClN6OS/c1-3-7-21-9-13-8-16(24-11-23-13)25-19-22-10-15(28-19)18(27)26-17-12(2)5-4-6-14(17)20/h4-6,8,10-11,21H,3,7,9H2,1-2H3,(H,26,27)(H,22,23,24,25). The number of hydrogen-bond acceptors (Lipinski definition) is 7. The number of nitrogens with one attached hydrogen (secondary N) is 3. The molecule has 0 aliphatic carbocycles. The van der Waals surface area contributed by atoms with Gasteiger partial charge in [-0.05, 0) is 31.5 Å². The van der Waals surface area contributed by atoms with Crippen molar-refractivity contribution in [3.63, 3.8) is 0 Å². The summed E-state index contributed by atoms with van der Waals surface area (Å²) in [4.78, 5) is 25.7. The number of thiazole rings is 1. The van der Waals surface area contributed by atoms with Gasteiger partial charge in [0.2, 0.25) is 0 Å². The normalized spacial score (nSPS) is 10.7. The van der Waals surface area contributed by atoms with Crippen molar-refractivity contribution in [3.05, 3.63) is 57.9 Å². The van der Waals surface area contributed by atoms with Gasteiger partial charge in [-0.2, -0.15) is 0 Å². The number of halogens is 1. The van der Waals surface area contributed by atoms with Crippen LogP contribution in [0, 0.1) is 6.92 Å². The number of benzene rings is 1. The molecular formula is C19H21ClN6OS. The maximum absolute atomic E-state index is 12.5. The van der Waals surface area contributed by atoms with Crippen LogP contribution in [0.2, 0.25) is 5.02 Å². The van der Waals surface area contributed by atoms with Gasteiger partial charge < -0.3 is 16.0 Å². The number of para-hydroxylation sites is 1. The van der Waals surface area contributed by atoms with E-state index in [4.69, 9.17) is 11.6 Å². The summed E-state index contributed by atoms with van der Waals surface area (Å²) >= 11 is 7.42. The second kappa shape index (κ2) is 9.59. The second-order valence-corrected chi connectivity index (χ2v) is 7.55. The first kappa shape index (κ1) is 20.2. The Hall–Kier alpha value is -2.55. The smallest absolute Gasteiger partial charge is 0.267 e. The Bertz CT molecular complexity index is 941. The third-order valence-corrected chi connectivity index (χ3v) is 5.11. The van der Waals surface area contributed by atoms with Gasteiger partial charge in [0, 0.05) is 12.6 Å². The topological polar surface area (TPSA) is 91.8 Å². The average molecular weight is 417 g/mol. The quantitative estimate of drug-likeness (QED) is 0.471. The van der Waals surface area contributed by atoms with Gasteiger partial charge in [-0.1, -0.05) is 42.0 Å². The lowest BCUT2D eigenvalue weighted by atomic mass is 10.2. The Labute approximate surface area is 172 Å². The number of anilines is 3. The molecule has 1 amide bonds. The summed E-state index contributed by atoms with van der Waals surface area (Å²) in [7, 11) is 0. The van der Waals surface area contributed by atoms with Gasteiger partial charge in [-0.15, -0.1) is 0 Å². The Morgan fingerprint density at radius 1 is 1.25 bits per heavy atom. The van der Waals surface area contributed by atoms with Crippen LogP contribution in [0.4, 0.5) is 16.6 Å². The van der Waals surface area contributed by atoms with E-state index in [0.29, 0.717) is 33.1 Å². The molecule has 0 spiro atoms. The molecule has 146 valence electrons. The summed E-state index contributed by atoms with van der Waals surface area (Å²) in [6.07, 6.45) is 4.10. The highest BCUT2D eigenvalue weighted by atomic mass is 35.5. The molecule has 1 aromatic carbocycles. The van der Waals surface area contributed by atoms with Gasteiger partial charge in [-0.3, -0.25) is 4.79 Å². The fourth-order valence-corrected chi connectivity index (χ4v) is 3.46. The maximum Gasteiger partial charge on any atom is 0.267 e. The van der Waals surface area contributed by atoms with Crippen LogP contribution >= 0.6 is 22.9 Å². The lowest BCUT2D eigenvalue weighted by molar-refractivity contribution is 0.103. The summed E-state index contributed by atoms with van der Waals surface area (Å²) in [6, 6.07) is 7.34. The molecule has 3 N–H and O–H groups in total. The van der Waals surface area contributed by atoms with Crippen LogP contribution in [0.3, 0.4) is 0 Å². The summed E-state index contributed by atoms with van der Waals surface area (Å²) in [5, 5.41) is 10.3. The van der Waals surface area contributed by atoms with Gasteiger partial charge in [0.05, 0.1) is 22.6 Å². The van der Waals surface area contributed by atoms with E-state index in [2.05, 4.69) is 37.8 Å². The van der Waals surface area contributed by atoms with E-state index in [0.717, 1.165) is 24.2 Å². The number of hydrogen-bond donors (Lipinski definition) is 3. The molecule has 0 bridgehead atoms. The fraction of sp³-hybridized carbons (Fsp3) is 0.263. The van der Waals surface area contributed by atoms with Crippen molar-refractivity contribution in [1.82, 2.24) is 20.3 Å². The van der Waals surface area contributed by atoms with E-state index in [-0.39, 0.29) is 5.91 Å². The molecule has 3 aromatic rings. The summed E-state index contributed by atoms with van der Waals surface area (Å²) in [5.74, 6) is 0.375. The second-order valence-electron chi connectivity index (χ2n) is 6.11. The molecule has 28 heavy (non-hydrogen) atoms. The number of carbonyl (C=O) groups excluding carboxylic acids is 1. The third kappa shape index (κ3) is 5.25. The van der Waals surface area contributed by atoms with Crippen molar-refractivity contribution >= 4 is 45.5 Å². The summed E-state index contributed by atoms with van der Waals surface area (Å²) in [5.41, 5.74) is 2.39. The molecule has 0 fully saturated rings. The number of rotatable bonds is 8. The lowest BCUT2D eigenvalue weighted by Gasteiger charge is -2.08. The molecule has 2 heterocycles. The Morgan fingerprint density at radius 3 is 2.89 bits per heavy atom. The highest BCUT2D eigenvalue weighted by Gasteiger charge is 2.14. The largest absolute Gasteiger partial charge is 0.320 e. The van der Waals surface area contributed by atoms with Crippen molar-refractivity contribution in [3.8, 4) is 0 Å². The van der Waals surface area contributed by atoms with E-state index >= 15 is 0 Å². The van der Waals surface area contributed by atoms with Crippen molar-refractivity contribution < 1.29 is 4.79 Å². The lowest BCUT2D eigenvalue weighted by Crippen LogP contribution is -2.15. The minimum atomic E-state index is -0.256. The highest BCUT2D eigenvalue weighted by molar-refractivity contribution is 7.17. The molecule has 2 aromatic heterocycles. The summed E-state index contributed by atoms with van der Waals surface area (Å²) in [6.45, 7) is 5.61. The Balaban J connectivity index is 1.65. The first-order valence-corrected chi connectivity index (χ1v) is 10.1. The highest BCUT2D eigenvalue weighted by Crippen LogP contribution is 2.27. The Kier molecular flexibility index (Phi) is 6.91. The van der Waals surface area contributed by atoms with E-state index in [1.54, 1.807) is 6.07 Å². The zero-order valence-corrected chi connectivity index (χ0v) is 17.2. The minimum absolute atomic E-state index is 0.256. The molecule has 9 heteroatoms. The van der Waals surface area contributed by atoms with Crippen LogP contribution < -0.4 is 16.0 Å². The number of amides is 1. The number of aromatic nitrogens is 3. The van der Waals surface area contributed by atoms with Crippen LogP contribution in [0.15, 0.2) is 36.8 Å². The molecule has 0 aliphatic heterocycles. The predicted octanol–water partition coefficient (Wildman–Crippen LogP) is 4.39. The van der Waals surface area contributed by atoms with E-state index in [1.807, 2.05) is 25.1 Å². The molecule has 3 rings (SSSR count). The average Bonchev–Trinajstić information content (AvgIpc) is 3.14. The van der Waals surface area contributed by atoms with Crippen molar-refractivity contribution in [2.75, 3.05) is 17.2 Å². The van der Waals surface area contributed by atoms with Gasteiger partial charge in [0.15, 0.2) is 5.13 Å². The fourth-order valence-electron chi connectivity index (χ4n) is 2.47. The zero-order valence-electron chi connectivity index (χ0n) is 15.6. The number of aryl methyl sites for hydroxylation is 1. The monoisotopic (exact) mass is 416 g/mol. The molecular weight excluding hydrogens is 396 g/mol. The van der Waals surface area contributed by atoms with Crippen LogP contribution in [0.25, 0.3) is 0 Å². The molecule has 0 atom stereocenters. The zero-order chi connectivity index (χ0) is 19.9. The van der Waals surface area contributed by atoms with Crippen molar-refractivity contribution in [2.45, 2.75) is 26.8 Å². The third-order valence-electron chi connectivity index (χ3n) is 3.88. The van der Waals surface area contributed by atoms with Gasteiger partial charge >= 0.3 is 0 Å². The first-order valence-electron chi connectivity index (χ1n) is 8.87. The summed E-state index contributed by atoms with van der Waals surface area (Å²) < 4.78 is 0. The van der Waals surface area contributed by atoms with E-state index in [9.17, 15) is 4.79 Å². The predicted molar refractivity (Wildman–Crippen MR) is 114 cm³/mol. The van der Waals surface area contributed by atoms with Gasteiger partial charge in [0.1, 0.15) is 17.0 Å². The first-order chi connectivity index (χ1) is 13.6. The van der Waals surface area contributed by atoms with Crippen LogP contribution in [0.1, 0.15) is 34.3 Å². The molecule has 0 saturated heterocycles. The van der Waals surface area contributed by atoms with Gasteiger partial charge in [0.25, 0.3) is 5.91 Å². The van der Waals surface area contributed by atoms with Crippen molar-refractivity contribution in [2.24, 2.45) is 0 Å². The maximum atomic E-state index is 12.5. The van der Waals surface area contributed by atoms with Crippen LogP contribution in [-0.4, -0.2) is 27.4 Å². The van der Waals surface area contributed by atoms with Crippen LogP contribution in [0.5, 0.6) is 0 Å². The van der Waals surface area contributed by atoms with E-state index in [1.165, 1.54) is 23.9 Å². The van der Waals surface area contributed by atoms with Gasteiger partial charge in [-0.25, -0.2) is 15.0 Å². The Morgan fingerprint density at radius 2 is 2.11 bits per heavy atom. The molecule has 0 unspecified atom stereocenters. The van der Waals surface area contributed by atoms with Crippen molar-refractivity contribution in [1.29, 1.82) is 0 Å². The van der Waals surface area contributed by atoms with Crippen LogP contribution in [-0.2, 0) is 6.54 Å². The number of nitrogens with zero attached hydrogens (tertiary/aromatic N) is 3. The molecule has 0 aliphatic rings. The number of carbonyl (C=O) groups is 1. The molecule has 0 radical (unpaired) electrons. The molecule has 7 nitrogen and oxygen atoms in total. The van der Waals surface area contributed by atoms with E-state index < -0.39 is 0 Å². The SMILES string of the molecule is CCCNCc1cc(Nc2ncc(C(=O)Nc3c(C)cccc3Cl)s2)ncn1. The molecule has 0 saturated carbocycles. The minimum Gasteiger partial charge on any atom is -0.320 e.